The molecule has 1 aromatic carbocycles. The van der Waals surface area contributed by atoms with Gasteiger partial charge in [-0.05, 0) is 48.7 Å². The van der Waals surface area contributed by atoms with Crippen LogP contribution in [0.2, 0.25) is 0 Å². The molecule has 1 saturated heterocycles. The third-order valence-electron chi connectivity index (χ3n) is 5.12. The Morgan fingerprint density at radius 3 is 2.79 bits per heavy atom. The number of anilines is 1. The van der Waals surface area contributed by atoms with Crippen LogP contribution in [-0.2, 0) is 6.54 Å². The number of amides is 1. The number of aromatic nitrogens is 3. The average Bonchev–Trinajstić information content (AvgIpc) is 2.72. The van der Waals surface area contributed by atoms with Gasteiger partial charge >= 0.3 is 6.09 Å². The zero-order valence-electron chi connectivity index (χ0n) is 15.7. The molecule has 150 valence electrons. The van der Waals surface area contributed by atoms with Gasteiger partial charge in [0, 0.05) is 31.2 Å². The number of nitrogen functional groups attached to an aromatic ring is 1. The lowest BCUT2D eigenvalue weighted by Gasteiger charge is -2.30. The van der Waals surface area contributed by atoms with E-state index >= 15 is 0 Å². The second-order valence-electron chi connectivity index (χ2n) is 7.10. The largest absolute Gasteiger partial charge is 0.465 e. The van der Waals surface area contributed by atoms with Crippen LogP contribution in [0.5, 0.6) is 0 Å². The molecule has 0 saturated carbocycles. The summed E-state index contributed by atoms with van der Waals surface area (Å²) in [4.78, 5) is 25.0. The van der Waals surface area contributed by atoms with E-state index < -0.39 is 6.09 Å². The number of carbonyl (C=O) groups is 1. The normalized spacial score (nSPS) is 15.0. The third kappa shape index (κ3) is 4.24. The molecule has 29 heavy (non-hydrogen) atoms. The summed E-state index contributed by atoms with van der Waals surface area (Å²) in [6.45, 7) is 1.50. The van der Waals surface area contributed by atoms with Gasteiger partial charge in [-0.25, -0.2) is 24.1 Å². The molecule has 0 aliphatic carbocycles. The first-order valence-corrected chi connectivity index (χ1v) is 9.38. The summed E-state index contributed by atoms with van der Waals surface area (Å²) in [5.41, 5.74) is 9.03. The van der Waals surface area contributed by atoms with E-state index in [4.69, 9.17) is 10.8 Å². The number of pyridine rings is 1. The quantitative estimate of drug-likeness (QED) is 0.620. The Balaban J connectivity index is 1.50. The minimum absolute atomic E-state index is 0.202. The van der Waals surface area contributed by atoms with Gasteiger partial charge in [0.1, 0.15) is 17.7 Å². The first-order chi connectivity index (χ1) is 14.0. The van der Waals surface area contributed by atoms with E-state index in [2.05, 4.69) is 20.3 Å². The number of likely N-dealkylation sites (tertiary alicyclic amines) is 1. The van der Waals surface area contributed by atoms with Crippen molar-refractivity contribution in [2.75, 3.05) is 18.8 Å². The van der Waals surface area contributed by atoms with Crippen molar-refractivity contribution in [3.05, 3.63) is 48.0 Å². The monoisotopic (exact) mass is 396 g/mol. The standard InChI is InChI=1S/C20H21FN6O2/c21-14-8-12(10-23-15-3-5-27(6-4-15)20(28)29)7-13(9-14)16-1-2-17-18(26-16)19(22)25-11-24-17/h1-2,7-9,11,15,23H,3-6,10H2,(H,28,29)(H2,22,24,25). The smallest absolute Gasteiger partial charge is 0.407 e. The molecule has 3 aromatic rings. The molecule has 8 nitrogen and oxygen atoms in total. The predicted molar refractivity (Wildman–Crippen MR) is 107 cm³/mol. The Morgan fingerprint density at radius 1 is 1.24 bits per heavy atom. The zero-order chi connectivity index (χ0) is 20.4. The number of nitrogens with two attached hydrogens (primary N) is 1. The fourth-order valence-corrected chi connectivity index (χ4v) is 3.56. The lowest BCUT2D eigenvalue weighted by atomic mass is 10.0. The summed E-state index contributed by atoms with van der Waals surface area (Å²) in [7, 11) is 0. The molecule has 1 aliphatic rings. The van der Waals surface area contributed by atoms with Crippen LogP contribution in [0.25, 0.3) is 22.3 Å². The third-order valence-corrected chi connectivity index (χ3v) is 5.12. The average molecular weight is 396 g/mol. The topological polar surface area (TPSA) is 117 Å². The van der Waals surface area contributed by atoms with E-state index in [0.717, 1.165) is 18.4 Å². The van der Waals surface area contributed by atoms with Crippen LogP contribution >= 0.6 is 0 Å². The molecule has 0 spiro atoms. The van der Waals surface area contributed by atoms with Gasteiger partial charge < -0.3 is 21.1 Å². The molecule has 3 heterocycles. The molecule has 1 fully saturated rings. The summed E-state index contributed by atoms with van der Waals surface area (Å²) >= 11 is 0. The van der Waals surface area contributed by atoms with Gasteiger partial charge in [-0.1, -0.05) is 0 Å². The molecule has 1 aliphatic heterocycles. The van der Waals surface area contributed by atoms with Crippen molar-refractivity contribution in [1.29, 1.82) is 0 Å². The van der Waals surface area contributed by atoms with E-state index in [0.29, 0.717) is 41.9 Å². The van der Waals surface area contributed by atoms with E-state index in [9.17, 15) is 9.18 Å². The Labute approximate surface area is 166 Å². The number of piperidine rings is 1. The van der Waals surface area contributed by atoms with Gasteiger partial charge in [-0.3, -0.25) is 0 Å². The second kappa shape index (κ2) is 7.96. The van der Waals surface area contributed by atoms with Crippen molar-refractivity contribution in [3.8, 4) is 11.3 Å². The molecule has 1 amide bonds. The molecule has 0 bridgehead atoms. The number of nitrogens with one attached hydrogen (secondary N) is 1. The van der Waals surface area contributed by atoms with Crippen molar-refractivity contribution in [1.82, 2.24) is 25.2 Å². The minimum atomic E-state index is -0.882. The van der Waals surface area contributed by atoms with E-state index in [1.165, 1.54) is 23.4 Å². The summed E-state index contributed by atoms with van der Waals surface area (Å²) < 4.78 is 14.2. The molecular formula is C20H21FN6O2. The van der Waals surface area contributed by atoms with Crippen LogP contribution in [-0.4, -0.2) is 50.2 Å². The van der Waals surface area contributed by atoms with Gasteiger partial charge in [-0.15, -0.1) is 0 Å². The van der Waals surface area contributed by atoms with Crippen molar-refractivity contribution in [2.24, 2.45) is 0 Å². The molecule has 4 N–H and O–H groups in total. The lowest BCUT2D eigenvalue weighted by Crippen LogP contribution is -2.44. The highest BCUT2D eigenvalue weighted by Crippen LogP contribution is 2.24. The lowest BCUT2D eigenvalue weighted by molar-refractivity contribution is 0.129. The van der Waals surface area contributed by atoms with Crippen LogP contribution < -0.4 is 11.1 Å². The van der Waals surface area contributed by atoms with E-state index in [-0.39, 0.29) is 17.7 Å². The maximum Gasteiger partial charge on any atom is 0.407 e. The number of benzene rings is 1. The minimum Gasteiger partial charge on any atom is -0.465 e. The molecule has 0 radical (unpaired) electrons. The van der Waals surface area contributed by atoms with Gasteiger partial charge in [0.15, 0.2) is 5.82 Å². The molecule has 4 rings (SSSR count). The molecular weight excluding hydrogens is 375 g/mol. The van der Waals surface area contributed by atoms with Crippen LogP contribution in [0.1, 0.15) is 18.4 Å². The maximum absolute atomic E-state index is 14.2. The van der Waals surface area contributed by atoms with Crippen LogP contribution in [0.4, 0.5) is 15.0 Å². The Morgan fingerprint density at radius 2 is 2.03 bits per heavy atom. The van der Waals surface area contributed by atoms with Gasteiger partial charge in [0.05, 0.1) is 11.2 Å². The van der Waals surface area contributed by atoms with Crippen LogP contribution in [0.15, 0.2) is 36.7 Å². The fraction of sp³-hybridized carbons (Fsp3) is 0.300. The first kappa shape index (κ1) is 19.0. The number of rotatable bonds is 4. The van der Waals surface area contributed by atoms with Crippen molar-refractivity contribution < 1.29 is 14.3 Å². The Bertz CT molecular complexity index is 1050. The first-order valence-electron chi connectivity index (χ1n) is 9.38. The van der Waals surface area contributed by atoms with Crippen molar-refractivity contribution in [3.63, 3.8) is 0 Å². The second-order valence-corrected chi connectivity index (χ2v) is 7.10. The summed E-state index contributed by atoms with van der Waals surface area (Å²) in [6, 6.07) is 8.58. The number of hydrogen-bond acceptors (Lipinski definition) is 6. The Hall–Kier alpha value is -3.33. The van der Waals surface area contributed by atoms with Crippen molar-refractivity contribution in [2.45, 2.75) is 25.4 Å². The fourth-order valence-electron chi connectivity index (χ4n) is 3.56. The van der Waals surface area contributed by atoms with Gasteiger partial charge in [-0.2, -0.15) is 0 Å². The van der Waals surface area contributed by atoms with Crippen LogP contribution in [0, 0.1) is 5.82 Å². The maximum atomic E-state index is 14.2. The molecule has 0 unspecified atom stereocenters. The van der Waals surface area contributed by atoms with Gasteiger partial charge in [0.25, 0.3) is 0 Å². The number of hydrogen-bond donors (Lipinski definition) is 3. The predicted octanol–water partition coefficient (Wildman–Crippen LogP) is 2.65. The van der Waals surface area contributed by atoms with Crippen LogP contribution in [0.3, 0.4) is 0 Å². The van der Waals surface area contributed by atoms with Crippen molar-refractivity contribution >= 4 is 22.9 Å². The molecule has 2 aromatic heterocycles. The summed E-state index contributed by atoms with van der Waals surface area (Å²) in [5.74, 6) is -0.0676. The Kier molecular flexibility index (Phi) is 5.22. The zero-order valence-corrected chi connectivity index (χ0v) is 15.7. The van der Waals surface area contributed by atoms with Gasteiger partial charge in [0.2, 0.25) is 0 Å². The highest BCUT2D eigenvalue weighted by atomic mass is 19.1. The summed E-state index contributed by atoms with van der Waals surface area (Å²) in [5, 5.41) is 12.4. The molecule has 0 atom stereocenters. The van der Waals surface area contributed by atoms with E-state index in [1.807, 2.05) is 6.07 Å². The number of halogens is 1. The highest BCUT2D eigenvalue weighted by molar-refractivity contribution is 5.85. The molecule has 9 heteroatoms. The van der Waals surface area contributed by atoms with E-state index in [1.54, 1.807) is 12.1 Å². The SMILES string of the molecule is Nc1ncnc2ccc(-c3cc(F)cc(CNC4CCN(C(=O)O)CC4)c3)nc12. The summed E-state index contributed by atoms with van der Waals surface area (Å²) in [6.07, 6.45) is 1.97. The number of carboxylic acid groups (broad SMARTS) is 1. The number of nitrogens with zero attached hydrogens (tertiary/aromatic N) is 4. The highest BCUT2D eigenvalue weighted by Gasteiger charge is 2.21. The number of fused-ring (bicyclic) bond motifs is 1.